The Bertz CT molecular complexity index is 1160. The van der Waals surface area contributed by atoms with Crippen molar-refractivity contribution in [2.24, 2.45) is 5.92 Å². The summed E-state index contributed by atoms with van der Waals surface area (Å²) in [4.78, 5) is 41.5. The van der Waals surface area contributed by atoms with Crippen LogP contribution in [-0.2, 0) is 4.79 Å². The Labute approximate surface area is 184 Å². The van der Waals surface area contributed by atoms with E-state index in [-0.39, 0.29) is 23.9 Å². The zero-order valence-corrected chi connectivity index (χ0v) is 17.4. The van der Waals surface area contributed by atoms with Gasteiger partial charge in [-0.3, -0.25) is 9.59 Å². The second-order valence-corrected chi connectivity index (χ2v) is 8.25. The molecule has 0 bridgehead atoms. The predicted octanol–water partition coefficient (Wildman–Crippen LogP) is 3.54. The third-order valence-electron chi connectivity index (χ3n) is 5.97. The third kappa shape index (κ3) is 4.25. The number of imidazole rings is 1. The summed E-state index contributed by atoms with van der Waals surface area (Å²) in [6.45, 7) is 1.61. The molecule has 8 nitrogen and oxygen atoms in total. The molecule has 0 spiro atoms. The maximum absolute atomic E-state index is 12.8. The molecular formula is C24H23N3O5. The number of rotatable bonds is 8. The van der Waals surface area contributed by atoms with Gasteiger partial charge in [-0.1, -0.05) is 61.5 Å². The predicted molar refractivity (Wildman–Crippen MR) is 116 cm³/mol. The van der Waals surface area contributed by atoms with E-state index in [4.69, 9.17) is 5.11 Å². The molecule has 1 unspecified atom stereocenters. The topological polar surface area (TPSA) is 132 Å². The number of aliphatic carboxylic acids is 1. The van der Waals surface area contributed by atoms with Crippen molar-refractivity contribution in [2.75, 3.05) is 0 Å². The van der Waals surface area contributed by atoms with Crippen LogP contribution in [0.1, 0.15) is 52.4 Å². The van der Waals surface area contributed by atoms with Crippen molar-refractivity contribution in [1.82, 2.24) is 15.3 Å². The van der Waals surface area contributed by atoms with E-state index in [1.165, 1.54) is 6.20 Å². The average molecular weight is 433 g/mol. The van der Waals surface area contributed by atoms with E-state index in [1.54, 1.807) is 6.92 Å². The molecule has 0 radical (unpaired) electrons. The van der Waals surface area contributed by atoms with Crippen LogP contribution in [0.15, 0.2) is 60.8 Å². The molecular weight excluding hydrogens is 410 g/mol. The van der Waals surface area contributed by atoms with Crippen molar-refractivity contribution < 1.29 is 24.6 Å². The van der Waals surface area contributed by atoms with Gasteiger partial charge in [-0.15, -0.1) is 0 Å². The van der Waals surface area contributed by atoms with Gasteiger partial charge in [-0.05, 0) is 29.5 Å². The van der Waals surface area contributed by atoms with Gasteiger partial charge in [0.15, 0.2) is 0 Å². The molecule has 0 saturated heterocycles. The van der Waals surface area contributed by atoms with Gasteiger partial charge in [-0.25, -0.2) is 9.78 Å². The first-order valence-electron chi connectivity index (χ1n) is 10.3. The number of carboxylic acid groups (broad SMARTS) is 2. The van der Waals surface area contributed by atoms with Crippen LogP contribution in [0.3, 0.4) is 0 Å². The highest BCUT2D eigenvalue weighted by Gasteiger charge is 2.56. The molecule has 0 aliphatic heterocycles. The minimum absolute atomic E-state index is 0.0230. The first-order valence-corrected chi connectivity index (χ1v) is 10.3. The van der Waals surface area contributed by atoms with Crippen molar-refractivity contribution >= 4 is 17.8 Å². The van der Waals surface area contributed by atoms with Gasteiger partial charge in [0.25, 0.3) is 5.91 Å². The molecule has 1 aliphatic rings. The van der Waals surface area contributed by atoms with Gasteiger partial charge < -0.3 is 20.5 Å². The molecule has 8 heteroatoms. The van der Waals surface area contributed by atoms with Gasteiger partial charge in [0.05, 0.1) is 12.1 Å². The molecule has 3 atom stereocenters. The molecule has 3 aromatic rings. The number of H-pyrrole nitrogens is 1. The fourth-order valence-electron chi connectivity index (χ4n) is 4.17. The molecule has 1 aromatic heterocycles. The van der Waals surface area contributed by atoms with Crippen molar-refractivity contribution in [3.8, 4) is 11.1 Å². The average Bonchev–Trinajstić information content (AvgIpc) is 3.23. The molecule has 1 amide bonds. The Morgan fingerprint density at radius 3 is 2.34 bits per heavy atom. The summed E-state index contributed by atoms with van der Waals surface area (Å²) in [6, 6.07) is 18.0. The molecule has 32 heavy (non-hydrogen) atoms. The number of hydrogen-bond acceptors (Lipinski definition) is 4. The number of nitrogens with one attached hydrogen (secondary N) is 2. The van der Waals surface area contributed by atoms with Gasteiger partial charge in [0.2, 0.25) is 5.82 Å². The van der Waals surface area contributed by atoms with Crippen molar-refractivity contribution in [2.45, 2.75) is 31.2 Å². The Morgan fingerprint density at radius 1 is 1.09 bits per heavy atom. The molecule has 1 saturated carbocycles. The van der Waals surface area contributed by atoms with Crippen LogP contribution in [0.25, 0.3) is 11.1 Å². The van der Waals surface area contributed by atoms with Gasteiger partial charge in [-0.2, -0.15) is 0 Å². The molecule has 1 heterocycles. The maximum atomic E-state index is 12.8. The minimum atomic E-state index is -1.26. The second-order valence-electron chi connectivity index (χ2n) is 8.25. The van der Waals surface area contributed by atoms with E-state index in [9.17, 15) is 19.5 Å². The summed E-state index contributed by atoms with van der Waals surface area (Å²) in [6.07, 6.45) is 2.03. The summed E-state index contributed by atoms with van der Waals surface area (Å²) >= 11 is 0. The van der Waals surface area contributed by atoms with E-state index in [0.29, 0.717) is 6.42 Å². The molecule has 164 valence electrons. The highest BCUT2D eigenvalue weighted by atomic mass is 16.4. The van der Waals surface area contributed by atoms with Crippen LogP contribution in [-0.4, -0.2) is 43.6 Å². The molecule has 4 N–H and O–H groups in total. The van der Waals surface area contributed by atoms with E-state index in [0.717, 1.165) is 16.7 Å². The fraction of sp³-hybridized carbons (Fsp3) is 0.250. The maximum Gasteiger partial charge on any atom is 0.371 e. The number of nitrogens with zero attached hydrogens (tertiary/aromatic N) is 1. The molecule has 1 aliphatic carbocycles. The third-order valence-corrected chi connectivity index (χ3v) is 5.97. The number of carbonyl (C=O) groups is 3. The van der Waals surface area contributed by atoms with E-state index in [1.807, 2.05) is 54.6 Å². The Morgan fingerprint density at radius 2 is 1.75 bits per heavy atom. The van der Waals surface area contributed by atoms with Gasteiger partial charge in [0.1, 0.15) is 5.69 Å². The number of carboxylic acids is 2. The SMILES string of the molecule is C[C@H](CC1(NC(=O)c2cnc(C(=O)O)[nH]2)C[C@H]1c1ccc(-c2ccccc2)cc1)C(=O)O. The number of carbonyl (C=O) groups excluding carboxylic acids is 1. The normalized spacial score (nSPS) is 20.3. The lowest BCUT2D eigenvalue weighted by atomic mass is 9.94. The largest absolute Gasteiger partial charge is 0.481 e. The second kappa shape index (κ2) is 8.30. The number of aromatic nitrogens is 2. The van der Waals surface area contributed by atoms with Gasteiger partial charge in [0, 0.05) is 11.5 Å². The summed E-state index contributed by atoms with van der Waals surface area (Å²) in [5, 5.41) is 21.4. The van der Waals surface area contributed by atoms with Crippen molar-refractivity contribution in [1.29, 1.82) is 0 Å². The van der Waals surface area contributed by atoms with Gasteiger partial charge >= 0.3 is 11.9 Å². The van der Waals surface area contributed by atoms with Crippen LogP contribution in [0.2, 0.25) is 0 Å². The Kier molecular flexibility index (Phi) is 5.52. The van der Waals surface area contributed by atoms with Crippen molar-refractivity contribution in [3.63, 3.8) is 0 Å². The van der Waals surface area contributed by atoms with Crippen molar-refractivity contribution in [3.05, 3.63) is 77.9 Å². The van der Waals surface area contributed by atoms with Crippen LogP contribution in [0, 0.1) is 5.92 Å². The quantitative estimate of drug-likeness (QED) is 0.430. The summed E-state index contributed by atoms with van der Waals surface area (Å²) in [5.41, 5.74) is 2.48. The summed E-state index contributed by atoms with van der Waals surface area (Å²) in [5.74, 6) is -3.72. The standard InChI is InChI=1S/C24H23N3O5/c1-14(22(29)30)11-24(27-21(28)19-13-25-20(26-19)23(31)32)12-18(24)17-9-7-16(8-10-17)15-5-3-2-4-6-15/h2-10,13-14,18H,11-12H2,1H3,(H,25,26)(H,27,28)(H,29,30)(H,31,32)/t14-,18+,24?/m1/s1. The Hall–Kier alpha value is -3.94. The molecule has 2 aromatic carbocycles. The molecule has 4 rings (SSSR count). The summed E-state index contributed by atoms with van der Waals surface area (Å²) < 4.78 is 0. The zero-order valence-electron chi connectivity index (χ0n) is 17.4. The number of aromatic amines is 1. The van der Waals surface area contributed by atoms with E-state index in [2.05, 4.69) is 15.3 Å². The lowest BCUT2D eigenvalue weighted by Gasteiger charge is -2.22. The first-order chi connectivity index (χ1) is 15.3. The lowest BCUT2D eigenvalue weighted by molar-refractivity contribution is -0.141. The van der Waals surface area contributed by atoms with E-state index < -0.39 is 29.3 Å². The number of benzene rings is 2. The van der Waals surface area contributed by atoms with Crippen LogP contribution >= 0.6 is 0 Å². The number of aromatic carboxylic acids is 1. The van der Waals surface area contributed by atoms with Crippen LogP contribution in [0.5, 0.6) is 0 Å². The lowest BCUT2D eigenvalue weighted by Crippen LogP contribution is -2.40. The van der Waals surface area contributed by atoms with Crippen LogP contribution < -0.4 is 5.32 Å². The molecule has 1 fully saturated rings. The number of hydrogen-bond donors (Lipinski definition) is 4. The first kappa shape index (κ1) is 21.3. The fourth-order valence-corrected chi connectivity index (χ4v) is 4.17. The van der Waals surface area contributed by atoms with Crippen LogP contribution in [0.4, 0.5) is 0 Å². The minimum Gasteiger partial charge on any atom is -0.481 e. The Balaban J connectivity index is 1.56. The highest BCUT2D eigenvalue weighted by molar-refractivity contribution is 5.95. The summed E-state index contributed by atoms with van der Waals surface area (Å²) in [7, 11) is 0. The smallest absolute Gasteiger partial charge is 0.371 e. The zero-order chi connectivity index (χ0) is 22.9. The van der Waals surface area contributed by atoms with E-state index >= 15 is 0 Å². The number of amides is 1. The highest BCUT2D eigenvalue weighted by Crippen LogP contribution is 2.55. The monoisotopic (exact) mass is 433 g/mol.